The van der Waals surface area contributed by atoms with E-state index in [-0.39, 0.29) is 24.3 Å². The van der Waals surface area contributed by atoms with E-state index in [1.54, 1.807) is 12.1 Å². The van der Waals surface area contributed by atoms with Crippen molar-refractivity contribution in [3.63, 3.8) is 0 Å². The van der Waals surface area contributed by atoms with Crippen molar-refractivity contribution in [1.29, 1.82) is 0 Å². The molecule has 0 spiro atoms. The summed E-state index contributed by atoms with van der Waals surface area (Å²) in [5, 5.41) is 8.92. The van der Waals surface area contributed by atoms with E-state index in [9.17, 15) is 22.8 Å². The van der Waals surface area contributed by atoms with E-state index in [1.165, 1.54) is 47.6 Å². The van der Waals surface area contributed by atoms with Gasteiger partial charge in [0.15, 0.2) is 0 Å². The summed E-state index contributed by atoms with van der Waals surface area (Å²) in [5.74, 6) is 0.261. The summed E-state index contributed by atoms with van der Waals surface area (Å²) in [5.41, 5.74) is 0.283. The van der Waals surface area contributed by atoms with Crippen LogP contribution in [0.25, 0.3) is 0 Å². The number of nitrogens with one attached hydrogen (secondary N) is 2. The number of amides is 1. The number of aryl methyl sites for hydroxylation is 1. The molecule has 0 aliphatic heterocycles. The fourth-order valence-electron chi connectivity index (χ4n) is 3.25. The van der Waals surface area contributed by atoms with Crippen LogP contribution in [0.4, 0.5) is 0 Å². The number of carbonyl (C=O) groups is 1. The molecule has 1 unspecified atom stereocenters. The molecule has 3 N–H and O–H groups in total. The molecule has 0 saturated heterocycles. The fourth-order valence-corrected chi connectivity index (χ4v) is 4.63. The van der Waals surface area contributed by atoms with Gasteiger partial charge in [0.25, 0.3) is 5.56 Å². The number of para-hydroxylation sites is 1. The fraction of sp³-hybridized carbons (Fsp3) is 0.227. The molecular formula is C22H24N4O7S. The van der Waals surface area contributed by atoms with E-state index in [2.05, 4.69) is 4.98 Å². The zero-order valence-electron chi connectivity index (χ0n) is 18.2. The topological polar surface area (TPSA) is 151 Å². The van der Waals surface area contributed by atoms with Gasteiger partial charge < -0.3 is 9.30 Å². The first-order valence-corrected chi connectivity index (χ1v) is 11.7. The molecule has 0 aliphatic rings. The van der Waals surface area contributed by atoms with Crippen LogP contribution >= 0.6 is 0 Å². The third-order valence-corrected chi connectivity index (χ3v) is 7.06. The number of hydrogen-bond acceptors (Lipinski definition) is 7. The number of carbonyl (C=O) groups excluding carboxylic acids is 1. The van der Waals surface area contributed by atoms with E-state index in [0.29, 0.717) is 11.5 Å². The van der Waals surface area contributed by atoms with Crippen molar-refractivity contribution in [3.8, 4) is 11.5 Å². The van der Waals surface area contributed by atoms with Crippen molar-refractivity contribution in [3.05, 3.63) is 87.7 Å². The number of benzene rings is 2. The van der Waals surface area contributed by atoms with Crippen LogP contribution in [0.15, 0.2) is 81.3 Å². The van der Waals surface area contributed by atoms with Crippen LogP contribution in [0, 0.1) is 0 Å². The van der Waals surface area contributed by atoms with Gasteiger partial charge in [0.05, 0.1) is 4.90 Å². The molecule has 34 heavy (non-hydrogen) atoms. The Morgan fingerprint density at radius 3 is 2.35 bits per heavy atom. The molecule has 0 bridgehead atoms. The number of aromatic amines is 1. The van der Waals surface area contributed by atoms with Crippen LogP contribution in [0.2, 0.25) is 0 Å². The average molecular weight is 489 g/mol. The lowest BCUT2D eigenvalue weighted by Crippen LogP contribution is -2.41. The van der Waals surface area contributed by atoms with E-state index >= 15 is 0 Å². The summed E-state index contributed by atoms with van der Waals surface area (Å²) >= 11 is 0. The van der Waals surface area contributed by atoms with Crippen molar-refractivity contribution in [2.45, 2.75) is 30.3 Å². The average Bonchev–Trinajstić information content (AvgIpc) is 2.83. The summed E-state index contributed by atoms with van der Waals surface area (Å²) in [7, 11) is -2.72. The smallest absolute Gasteiger partial charge is 0.328 e. The Labute approximate surface area is 195 Å². The molecule has 0 radical (unpaired) electrons. The summed E-state index contributed by atoms with van der Waals surface area (Å²) in [6, 6.07) is 15.1. The number of nitrogens with zero attached hydrogens (tertiary/aromatic N) is 2. The normalized spacial score (nSPS) is 12.3. The number of hydroxylamine groups is 1. The van der Waals surface area contributed by atoms with E-state index in [0.717, 1.165) is 10.4 Å². The molecule has 1 amide bonds. The van der Waals surface area contributed by atoms with Crippen LogP contribution < -0.4 is 21.5 Å². The van der Waals surface area contributed by atoms with Crippen molar-refractivity contribution < 1.29 is 23.2 Å². The number of sulfonamides is 1. The monoisotopic (exact) mass is 488 g/mol. The van der Waals surface area contributed by atoms with Gasteiger partial charge in [0.2, 0.25) is 15.9 Å². The minimum atomic E-state index is -4.03. The minimum Gasteiger partial charge on any atom is -0.457 e. The van der Waals surface area contributed by atoms with Gasteiger partial charge in [0, 0.05) is 38.3 Å². The van der Waals surface area contributed by atoms with E-state index in [4.69, 9.17) is 9.94 Å². The molecular weight excluding hydrogens is 464 g/mol. The van der Waals surface area contributed by atoms with Crippen LogP contribution in [0.5, 0.6) is 11.5 Å². The zero-order chi connectivity index (χ0) is 24.7. The molecule has 1 aromatic heterocycles. The van der Waals surface area contributed by atoms with Gasteiger partial charge >= 0.3 is 5.69 Å². The lowest BCUT2D eigenvalue weighted by atomic mass is 10.1. The minimum absolute atomic E-state index is 0.0222. The van der Waals surface area contributed by atoms with Crippen LogP contribution in [-0.2, 0) is 21.4 Å². The van der Waals surface area contributed by atoms with Gasteiger partial charge in [-0.2, -0.15) is 4.31 Å². The van der Waals surface area contributed by atoms with Gasteiger partial charge in [-0.3, -0.25) is 19.8 Å². The SMILES string of the molecule is CN(C(CCn1ccc(=O)[nH]c1=O)CC(=O)NO)S(=O)(=O)c1ccc(Oc2ccccc2)cc1. The molecule has 0 aliphatic carbocycles. The predicted octanol–water partition coefficient (Wildman–Crippen LogP) is 1.30. The maximum absolute atomic E-state index is 13.2. The molecule has 1 atom stereocenters. The van der Waals surface area contributed by atoms with Gasteiger partial charge in [-0.05, 0) is 42.8 Å². The highest BCUT2D eigenvalue weighted by atomic mass is 32.2. The Balaban J connectivity index is 1.79. The maximum Gasteiger partial charge on any atom is 0.328 e. The van der Waals surface area contributed by atoms with Crippen molar-refractivity contribution in [1.82, 2.24) is 19.3 Å². The number of H-pyrrole nitrogens is 1. The lowest BCUT2D eigenvalue weighted by Gasteiger charge is -2.27. The Bertz CT molecular complexity index is 1340. The predicted molar refractivity (Wildman–Crippen MR) is 122 cm³/mol. The first-order chi connectivity index (χ1) is 16.2. The lowest BCUT2D eigenvalue weighted by molar-refractivity contribution is -0.130. The number of ether oxygens (including phenoxy) is 1. The Morgan fingerprint density at radius 1 is 1.09 bits per heavy atom. The number of hydrogen-bond donors (Lipinski definition) is 3. The third kappa shape index (κ3) is 6.19. The van der Waals surface area contributed by atoms with Crippen molar-refractivity contribution >= 4 is 15.9 Å². The van der Waals surface area contributed by atoms with Crippen LogP contribution in [0.1, 0.15) is 12.8 Å². The third-order valence-electron chi connectivity index (χ3n) is 5.14. The zero-order valence-corrected chi connectivity index (χ0v) is 19.1. The highest BCUT2D eigenvalue weighted by Gasteiger charge is 2.29. The standard InChI is InChI=1S/C22H24N4O7S/c1-25(16(15-21(28)24-30)11-13-26-14-12-20(27)23-22(26)29)34(31,32)19-9-7-18(8-10-19)33-17-5-3-2-4-6-17/h2-10,12,14,16,30H,11,13,15H2,1H3,(H,24,28)(H,23,27,29). The highest BCUT2D eigenvalue weighted by Crippen LogP contribution is 2.25. The van der Waals surface area contributed by atoms with Gasteiger partial charge in [-0.1, -0.05) is 18.2 Å². The molecule has 2 aromatic carbocycles. The first kappa shape index (κ1) is 24.9. The Hall–Kier alpha value is -3.74. The summed E-state index contributed by atoms with van der Waals surface area (Å²) in [4.78, 5) is 37.1. The molecule has 1 heterocycles. The molecule has 11 nitrogen and oxygen atoms in total. The van der Waals surface area contributed by atoms with Gasteiger partial charge in [0.1, 0.15) is 11.5 Å². The number of aromatic nitrogens is 2. The molecule has 12 heteroatoms. The molecule has 0 saturated carbocycles. The molecule has 3 aromatic rings. The first-order valence-electron chi connectivity index (χ1n) is 10.2. The summed E-state index contributed by atoms with van der Waals surface area (Å²) in [6.07, 6.45) is 0.994. The van der Waals surface area contributed by atoms with Gasteiger partial charge in [-0.15, -0.1) is 0 Å². The highest BCUT2D eigenvalue weighted by molar-refractivity contribution is 7.89. The van der Waals surface area contributed by atoms with Gasteiger partial charge in [-0.25, -0.2) is 18.7 Å². The second kappa shape index (κ2) is 10.9. The second-order valence-corrected chi connectivity index (χ2v) is 9.39. The maximum atomic E-state index is 13.2. The molecule has 3 rings (SSSR count). The second-order valence-electron chi connectivity index (χ2n) is 7.39. The van der Waals surface area contributed by atoms with E-state index in [1.807, 2.05) is 18.2 Å². The largest absolute Gasteiger partial charge is 0.457 e. The van der Waals surface area contributed by atoms with Crippen LogP contribution in [-0.4, -0.2) is 46.5 Å². The van der Waals surface area contributed by atoms with Crippen LogP contribution in [0.3, 0.4) is 0 Å². The molecule has 0 fully saturated rings. The van der Waals surface area contributed by atoms with Crippen molar-refractivity contribution in [2.24, 2.45) is 0 Å². The summed E-state index contributed by atoms with van der Waals surface area (Å²) < 4.78 is 34.3. The summed E-state index contributed by atoms with van der Waals surface area (Å²) in [6.45, 7) is 0.0305. The Kier molecular flexibility index (Phi) is 7.99. The van der Waals surface area contributed by atoms with E-state index < -0.39 is 33.2 Å². The molecule has 180 valence electrons. The number of rotatable bonds is 10. The van der Waals surface area contributed by atoms with Crippen molar-refractivity contribution in [2.75, 3.05) is 7.05 Å². The quantitative estimate of drug-likeness (QED) is 0.287. The Morgan fingerprint density at radius 2 is 1.74 bits per heavy atom.